The molecule has 0 unspecified atom stereocenters. The van der Waals surface area contributed by atoms with Crippen LogP contribution in [0.15, 0.2) is 51.9 Å². The lowest BCUT2D eigenvalue weighted by Gasteiger charge is -2.12. The normalized spacial score (nSPS) is 16.8. The Morgan fingerprint density at radius 3 is 2.83 bits per heavy atom. The summed E-state index contributed by atoms with van der Waals surface area (Å²) >= 11 is 0. The third-order valence-electron chi connectivity index (χ3n) is 4.85. The summed E-state index contributed by atoms with van der Waals surface area (Å²) in [5.74, 6) is -1.97. The number of benzene rings is 2. The van der Waals surface area contributed by atoms with Crippen LogP contribution in [0.25, 0.3) is 11.0 Å². The maximum absolute atomic E-state index is 13.6. The molecule has 1 saturated heterocycles. The SMILES string of the molecule is COc1cccc2cc(C(=O)NC[C@H]3CCCO3)c(=Nc3ccc(F)c(F)c3)oc12. The van der Waals surface area contributed by atoms with Gasteiger partial charge in [-0.1, -0.05) is 12.1 Å². The predicted molar refractivity (Wildman–Crippen MR) is 106 cm³/mol. The number of halogens is 2. The second-order valence-electron chi connectivity index (χ2n) is 6.90. The van der Waals surface area contributed by atoms with E-state index in [1.165, 1.54) is 13.2 Å². The Bertz CT molecular complexity index is 1150. The molecule has 0 spiro atoms. The van der Waals surface area contributed by atoms with Crippen LogP contribution in [-0.2, 0) is 4.74 Å². The highest BCUT2D eigenvalue weighted by molar-refractivity contribution is 5.97. The Morgan fingerprint density at radius 2 is 2.10 bits per heavy atom. The number of methoxy groups -OCH3 is 1. The highest BCUT2D eigenvalue weighted by Crippen LogP contribution is 2.25. The minimum Gasteiger partial charge on any atom is -0.493 e. The molecule has 1 aromatic heterocycles. The van der Waals surface area contributed by atoms with Crippen LogP contribution in [0.5, 0.6) is 5.75 Å². The van der Waals surface area contributed by atoms with Crippen LogP contribution in [0.3, 0.4) is 0 Å². The van der Waals surface area contributed by atoms with Gasteiger partial charge < -0.3 is 19.2 Å². The van der Waals surface area contributed by atoms with E-state index in [4.69, 9.17) is 13.9 Å². The molecule has 0 saturated carbocycles. The van der Waals surface area contributed by atoms with Crippen molar-refractivity contribution in [2.75, 3.05) is 20.3 Å². The van der Waals surface area contributed by atoms with Crippen molar-refractivity contribution < 1.29 is 27.5 Å². The number of amides is 1. The van der Waals surface area contributed by atoms with Gasteiger partial charge in [0.25, 0.3) is 5.91 Å². The number of nitrogens with zero attached hydrogens (tertiary/aromatic N) is 1. The molecule has 1 amide bonds. The molecule has 2 aromatic carbocycles. The number of hydrogen-bond donors (Lipinski definition) is 1. The van der Waals surface area contributed by atoms with Gasteiger partial charge in [0.2, 0.25) is 5.55 Å². The summed E-state index contributed by atoms with van der Waals surface area (Å²) in [4.78, 5) is 17.1. The number of fused-ring (bicyclic) bond motifs is 1. The van der Waals surface area contributed by atoms with E-state index in [2.05, 4.69) is 10.3 Å². The van der Waals surface area contributed by atoms with Crippen molar-refractivity contribution in [3.63, 3.8) is 0 Å². The average molecular weight is 414 g/mol. The van der Waals surface area contributed by atoms with Gasteiger partial charge in [0.05, 0.1) is 18.9 Å². The molecular weight excluding hydrogens is 394 g/mol. The molecule has 4 rings (SSSR count). The molecule has 1 atom stereocenters. The smallest absolute Gasteiger partial charge is 0.256 e. The summed E-state index contributed by atoms with van der Waals surface area (Å²) < 4.78 is 43.6. The lowest BCUT2D eigenvalue weighted by Crippen LogP contribution is -2.34. The fourth-order valence-corrected chi connectivity index (χ4v) is 3.31. The summed E-state index contributed by atoms with van der Waals surface area (Å²) in [7, 11) is 1.50. The van der Waals surface area contributed by atoms with E-state index in [-0.39, 0.29) is 22.9 Å². The minimum atomic E-state index is -1.04. The van der Waals surface area contributed by atoms with E-state index in [0.717, 1.165) is 25.0 Å². The first-order chi connectivity index (χ1) is 14.5. The molecule has 3 aromatic rings. The van der Waals surface area contributed by atoms with E-state index in [1.807, 2.05) is 0 Å². The lowest BCUT2D eigenvalue weighted by atomic mass is 10.1. The molecule has 30 heavy (non-hydrogen) atoms. The standard InChI is InChI=1S/C22H20F2N2O4/c1-28-19-6-2-4-13-10-16(21(27)25-12-15-5-3-9-29-15)22(30-20(13)19)26-14-7-8-17(23)18(24)11-14/h2,4,6-8,10-11,15H,3,5,9,12H2,1H3,(H,25,27)/t15-/m1/s1. The summed E-state index contributed by atoms with van der Waals surface area (Å²) in [5.41, 5.74) is 0.624. The fourth-order valence-electron chi connectivity index (χ4n) is 3.31. The van der Waals surface area contributed by atoms with Gasteiger partial charge in [0, 0.05) is 24.6 Å². The maximum Gasteiger partial charge on any atom is 0.256 e. The number of carbonyl (C=O) groups is 1. The van der Waals surface area contributed by atoms with Crippen molar-refractivity contribution in [1.82, 2.24) is 5.32 Å². The van der Waals surface area contributed by atoms with E-state index in [9.17, 15) is 13.6 Å². The Hall–Kier alpha value is -3.26. The van der Waals surface area contributed by atoms with Crippen LogP contribution in [0.2, 0.25) is 0 Å². The molecule has 1 fully saturated rings. The number of nitrogens with one attached hydrogen (secondary N) is 1. The molecule has 6 nitrogen and oxygen atoms in total. The minimum absolute atomic E-state index is 0.0296. The van der Waals surface area contributed by atoms with Crippen LogP contribution < -0.4 is 15.6 Å². The maximum atomic E-state index is 13.6. The second kappa shape index (κ2) is 8.62. The first-order valence-electron chi connectivity index (χ1n) is 9.55. The van der Waals surface area contributed by atoms with Crippen molar-refractivity contribution in [3.8, 4) is 5.75 Å². The fraction of sp³-hybridized carbons (Fsp3) is 0.273. The van der Waals surface area contributed by atoms with Crippen LogP contribution in [0, 0.1) is 11.6 Å². The summed E-state index contributed by atoms with van der Waals surface area (Å²) in [6.45, 7) is 1.04. The van der Waals surface area contributed by atoms with E-state index in [1.54, 1.807) is 24.3 Å². The van der Waals surface area contributed by atoms with Gasteiger partial charge in [0.1, 0.15) is 5.56 Å². The van der Waals surface area contributed by atoms with E-state index in [0.29, 0.717) is 29.9 Å². The second-order valence-corrected chi connectivity index (χ2v) is 6.90. The summed E-state index contributed by atoms with van der Waals surface area (Å²) in [6.07, 6.45) is 1.81. The highest BCUT2D eigenvalue weighted by atomic mass is 19.2. The van der Waals surface area contributed by atoms with Crippen LogP contribution in [0.1, 0.15) is 23.2 Å². The monoisotopic (exact) mass is 414 g/mol. The van der Waals surface area contributed by atoms with Gasteiger partial charge in [-0.05, 0) is 37.1 Å². The lowest BCUT2D eigenvalue weighted by molar-refractivity contribution is 0.0854. The van der Waals surface area contributed by atoms with Gasteiger partial charge in [-0.3, -0.25) is 4.79 Å². The first kappa shape index (κ1) is 20.0. The molecule has 8 heteroatoms. The average Bonchev–Trinajstić information content (AvgIpc) is 3.27. The van der Waals surface area contributed by atoms with Crippen molar-refractivity contribution >= 4 is 22.6 Å². The predicted octanol–water partition coefficient (Wildman–Crippen LogP) is 3.86. The molecule has 0 aliphatic carbocycles. The topological polar surface area (TPSA) is 73.1 Å². The highest BCUT2D eigenvalue weighted by Gasteiger charge is 2.19. The summed E-state index contributed by atoms with van der Waals surface area (Å²) in [6, 6.07) is 10.1. The van der Waals surface area contributed by atoms with Crippen LogP contribution in [0.4, 0.5) is 14.5 Å². The molecule has 1 N–H and O–H groups in total. The van der Waals surface area contributed by atoms with Crippen molar-refractivity contribution in [2.24, 2.45) is 4.99 Å². The molecule has 1 aliphatic rings. The van der Waals surface area contributed by atoms with E-state index < -0.39 is 17.5 Å². The van der Waals surface area contributed by atoms with Gasteiger partial charge in [0.15, 0.2) is 23.0 Å². The van der Waals surface area contributed by atoms with E-state index >= 15 is 0 Å². The molecule has 2 heterocycles. The van der Waals surface area contributed by atoms with Gasteiger partial charge in [-0.15, -0.1) is 0 Å². The quantitative estimate of drug-likeness (QED) is 0.688. The van der Waals surface area contributed by atoms with Gasteiger partial charge >= 0.3 is 0 Å². The third kappa shape index (κ3) is 4.18. The molecule has 0 bridgehead atoms. The number of rotatable bonds is 5. The first-order valence-corrected chi connectivity index (χ1v) is 9.55. The van der Waals surface area contributed by atoms with Crippen molar-refractivity contribution in [1.29, 1.82) is 0 Å². The Labute approximate surface area is 171 Å². The number of carbonyl (C=O) groups excluding carboxylic acids is 1. The number of hydrogen-bond acceptors (Lipinski definition) is 5. The Morgan fingerprint density at radius 1 is 1.23 bits per heavy atom. The van der Waals surface area contributed by atoms with Gasteiger partial charge in [-0.2, -0.15) is 0 Å². The largest absolute Gasteiger partial charge is 0.493 e. The van der Waals surface area contributed by atoms with Crippen LogP contribution in [-0.4, -0.2) is 32.3 Å². The molecule has 1 aliphatic heterocycles. The summed E-state index contributed by atoms with van der Waals surface area (Å²) in [5, 5.41) is 3.47. The number of ether oxygens (including phenoxy) is 2. The third-order valence-corrected chi connectivity index (χ3v) is 4.85. The zero-order valence-corrected chi connectivity index (χ0v) is 16.3. The van der Waals surface area contributed by atoms with Gasteiger partial charge in [-0.25, -0.2) is 13.8 Å². The Balaban J connectivity index is 1.79. The van der Waals surface area contributed by atoms with Crippen molar-refractivity contribution in [3.05, 3.63) is 65.2 Å². The zero-order chi connectivity index (χ0) is 21.1. The Kier molecular flexibility index (Phi) is 5.76. The zero-order valence-electron chi connectivity index (χ0n) is 16.3. The van der Waals surface area contributed by atoms with Crippen LogP contribution >= 0.6 is 0 Å². The molecule has 0 radical (unpaired) electrons. The number of para-hydroxylation sites is 1. The van der Waals surface area contributed by atoms with Crippen molar-refractivity contribution in [2.45, 2.75) is 18.9 Å². The molecule has 156 valence electrons. The molecular formula is C22H20F2N2O4.